The lowest BCUT2D eigenvalue weighted by Crippen LogP contribution is -2.30. The van der Waals surface area contributed by atoms with Gasteiger partial charge in [0.2, 0.25) is 0 Å². The third kappa shape index (κ3) is 4.67. The van der Waals surface area contributed by atoms with E-state index in [2.05, 4.69) is 0 Å². The minimum Gasteiger partial charge on any atom is -0.306 e. The predicted molar refractivity (Wildman–Crippen MR) is 43.5 cm³/mol. The van der Waals surface area contributed by atoms with Crippen molar-refractivity contribution in [2.75, 3.05) is 14.1 Å². The Morgan fingerprint density at radius 2 is 2.09 bits per heavy atom. The SMILES string of the molecule is CC(=O)CC(CC=O)N(C)C. The Bertz CT molecular complexity index is 143. The van der Waals surface area contributed by atoms with Gasteiger partial charge in [0.15, 0.2) is 0 Å². The standard InChI is InChI=1S/C8H15NO2/c1-7(11)6-8(4-5-10)9(2)3/h5,8H,4,6H2,1-3H3. The average Bonchev–Trinajstić information content (AvgIpc) is 1.86. The van der Waals surface area contributed by atoms with E-state index in [9.17, 15) is 9.59 Å². The molecule has 0 fully saturated rings. The van der Waals surface area contributed by atoms with Crippen molar-refractivity contribution in [3.8, 4) is 0 Å². The first-order valence-electron chi connectivity index (χ1n) is 3.67. The number of carbonyl (C=O) groups excluding carboxylic acids is 2. The summed E-state index contributed by atoms with van der Waals surface area (Å²) in [5.74, 6) is 0.130. The Kier molecular flexibility index (Phi) is 4.70. The Hall–Kier alpha value is -0.700. The van der Waals surface area contributed by atoms with Crippen LogP contribution in [0.25, 0.3) is 0 Å². The van der Waals surface area contributed by atoms with Crippen LogP contribution in [0.4, 0.5) is 0 Å². The van der Waals surface area contributed by atoms with Crippen LogP contribution < -0.4 is 0 Å². The van der Waals surface area contributed by atoms with Gasteiger partial charge in [-0.15, -0.1) is 0 Å². The molecule has 0 aromatic rings. The van der Waals surface area contributed by atoms with Gasteiger partial charge in [0.05, 0.1) is 0 Å². The molecule has 0 saturated carbocycles. The predicted octanol–water partition coefficient (Wildman–Crippen LogP) is 0.485. The normalized spacial score (nSPS) is 13.1. The number of aldehydes is 1. The molecule has 0 amide bonds. The highest BCUT2D eigenvalue weighted by molar-refractivity contribution is 5.76. The van der Waals surface area contributed by atoms with Crippen LogP contribution in [0.3, 0.4) is 0 Å². The number of hydrogen-bond donors (Lipinski definition) is 0. The smallest absolute Gasteiger partial charge is 0.131 e. The van der Waals surface area contributed by atoms with Crippen molar-refractivity contribution < 1.29 is 9.59 Å². The number of carbonyl (C=O) groups is 2. The fraction of sp³-hybridized carbons (Fsp3) is 0.750. The van der Waals surface area contributed by atoms with Crippen LogP contribution in [0.5, 0.6) is 0 Å². The van der Waals surface area contributed by atoms with E-state index in [4.69, 9.17) is 0 Å². The molecule has 0 spiro atoms. The lowest BCUT2D eigenvalue weighted by molar-refractivity contribution is -0.118. The van der Waals surface area contributed by atoms with Crippen LogP contribution in [0.15, 0.2) is 0 Å². The lowest BCUT2D eigenvalue weighted by atomic mass is 10.1. The van der Waals surface area contributed by atoms with Crippen molar-refractivity contribution in [3.63, 3.8) is 0 Å². The van der Waals surface area contributed by atoms with E-state index in [-0.39, 0.29) is 11.8 Å². The second kappa shape index (κ2) is 5.02. The highest BCUT2D eigenvalue weighted by Crippen LogP contribution is 2.03. The van der Waals surface area contributed by atoms with Crippen LogP contribution in [0, 0.1) is 0 Å². The van der Waals surface area contributed by atoms with Crippen molar-refractivity contribution in [2.45, 2.75) is 25.8 Å². The third-order valence-electron chi connectivity index (χ3n) is 1.62. The summed E-state index contributed by atoms with van der Waals surface area (Å²) in [5.41, 5.74) is 0. The molecule has 0 aromatic carbocycles. The molecule has 3 heteroatoms. The monoisotopic (exact) mass is 157 g/mol. The van der Waals surface area contributed by atoms with Gasteiger partial charge in [-0.1, -0.05) is 0 Å². The van der Waals surface area contributed by atoms with Gasteiger partial charge in [0.25, 0.3) is 0 Å². The molecule has 0 aliphatic rings. The Morgan fingerprint density at radius 1 is 1.55 bits per heavy atom. The maximum atomic E-state index is 10.7. The summed E-state index contributed by atoms with van der Waals surface area (Å²) < 4.78 is 0. The maximum Gasteiger partial charge on any atom is 0.131 e. The quantitative estimate of drug-likeness (QED) is 0.545. The molecule has 0 aromatic heterocycles. The zero-order valence-corrected chi connectivity index (χ0v) is 7.33. The van der Waals surface area contributed by atoms with Crippen LogP contribution in [-0.2, 0) is 9.59 Å². The van der Waals surface area contributed by atoms with Crippen molar-refractivity contribution in [2.24, 2.45) is 0 Å². The van der Waals surface area contributed by atoms with Crippen molar-refractivity contribution in [1.29, 1.82) is 0 Å². The fourth-order valence-electron chi connectivity index (χ4n) is 0.920. The first-order valence-corrected chi connectivity index (χ1v) is 3.67. The fourth-order valence-corrected chi connectivity index (χ4v) is 0.920. The summed E-state index contributed by atoms with van der Waals surface area (Å²) in [4.78, 5) is 22.8. The van der Waals surface area contributed by atoms with E-state index in [0.717, 1.165) is 6.29 Å². The Labute approximate surface area is 67.4 Å². The average molecular weight is 157 g/mol. The first kappa shape index (κ1) is 10.3. The van der Waals surface area contributed by atoms with Gasteiger partial charge in [0.1, 0.15) is 12.1 Å². The molecule has 11 heavy (non-hydrogen) atoms. The molecule has 64 valence electrons. The van der Waals surface area contributed by atoms with E-state index in [1.54, 1.807) is 6.92 Å². The van der Waals surface area contributed by atoms with Crippen molar-refractivity contribution >= 4 is 12.1 Å². The molecule has 1 unspecified atom stereocenters. The molecule has 3 nitrogen and oxygen atoms in total. The third-order valence-corrected chi connectivity index (χ3v) is 1.62. The number of nitrogens with zero attached hydrogens (tertiary/aromatic N) is 1. The second-order valence-corrected chi connectivity index (χ2v) is 2.93. The van der Waals surface area contributed by atoms with Gasteiger partial charge in [-0.05, 0) is 21.0 Å². The zero-order chi connectivity index (χ0) is 8.85. The van der Waals surface area contributed by atoms with Gasteiger partial charge in [0, 0.05) is 18.9 Å². The molecule has 0 rings (SSSR count). The number of hydrogen-bond acceptors (Lipinski definition) is 3. The Balaban J connectivity index is 3.88. The summed E-state index contributed by atoms with van der Waals surface area (Å²) in [6.07, 6.45) is 1.76. The van der Waals surface area contributed by atoms with Gasteiger partial charge in [-0.2, -0.15) is 0 Å². The second-order valence-electron chi connectivity index (χ2n) is 2.93. The summed E-state index contributed by atoms with van der Waals surface area (Å²) in [5, 5.41) is 0. The summed E-state index contributed by atoms with van der Waals surface area (Å²) in [7, 11) is 3.74. The van der Waals surface area contributed by atoms with E-state index in [0.29, 0.717) is 12.8 Å². The highest BCUT2D eigenvalue weighted by atomic mass is 16.1. The summed E-state index contributed by atoms with van der Waals surface area (Å²) >= 11 is 0. The molecular formula is C8H15NO2. The minimum absolute atomic E-state index is 0.0741. The summed E-state index contributed by atoms with van der Waals surface area (Å²) in [6, 6.07) is 0.0741. The zero-order valence-electron chi connectivity index (χ0n) is 7.33. The molecule has 0 bridgehead atoms. The molecule has 0 radical (unpaired) electrons. The molecule has 0 heterocycles. The Morgan fingerprint density at radius 3 is 2.36 bits per heavy atom. The van der Waals surface area contributed by atoms with E-state index >= 15 is 0 Å². The molecule has 0 aliphatic heterocycles. The van der Waals surface area contributed by atoms with E-state index in [1.807, 2.05) is 19.0 Å². The molecular weight excluding hydrogens is 142 g/mol. The molecule has 1 atom stereocenters. The highest BCUT2D eigenvalue weighted by Gasteiger charge is 2.12. The maximum absolute atomic E-state index is 10.7. The van der Waals surface area contributed by atoms with Gasteiger partial charge >= 0.3 is 0 Å². The first-order chi connectivity index (χ1) is 5.07. The lowest BCUT2D eigenvalue weighted by Gasteiger charge is -2.20. The van der Waals surface area contributed by atoms with Crippen LogP contribution >= 0.6 is 0 Å². The minimum atomic E-state index is 0.0741. The van der Waals surface area contributed by atoms with Gasteiger partial charge in [-0.25, -0.2) is 0 Å². The van der Waals surface area contributed by atoms with Gasteiger partial charge < -0.3 is 9.69 Å². The van der Waals surface area contributed by atoms with E-state index in [1.165, 1.54) is 0 Å². The topological polar surface area (TPSA) is 37.4 Å². The number of rotatable bonds is 5. The van der Waals surface area contributed by atoms with E-state index < -0.39 is 0 Å². The van der Waals surface area contributed by atoms with Crippen LogP contribution in [0.1, 0.15) is 19.8 Å². The molecule has 0 aliphatic carbocycles. The number of Topliss-reactive ketones (excluding diaryl/α,β-unsaturated/α-hetero) is 1. The van der Waals surface area contributed by atoms with Crippen molar-refractivity contribution in [1.82, 2.24) is 4.90 Å². The number of ketones is 1. The largest absolute Gasteiger partial charge is 0.306 e. The van der Waals surface area contributed by atoms with Crippen LogP contribution in [-0.4, -0.2) is 37.1 Å². The molecule has 0 saturated heterocycles. The van der Waals surface area contributed by atoms with Crippen LogP contribution in [0.2, 0.25) is 0 Å². The van der Waals surface area contributed by atoms with Gasteiger partial charge in [-0.3, -0.25) is 4.79 Å². The molecule has 0 N–H and O–H groups in total. The van der Waals surface area contributed by atoms with Crippen molar-refractivity contribution in [3.05, 3.63) is 0 Å². The summed E-state index contributed by atoms with van der Waals surface area (Å²) in [6.45, 7) is 1.54.